The lowest BCUT2D eigenvalue weighted by Gasteiger charge is -2.18. The molecular formula is C13H17N3O3. The number of carbonyl (C=O) groups is 2. The summed E-state index contributed by atoms with van der Waals surface area (Å²) in [6.45, 7) is 0.960. The first kappa shape index (κ1) is 13.4. The lowest BCUT2D eigenvalue weighted by molar-refractivity contribution is -0.121. The summed E-state index contributed by atoms with van der Waals surface area (Å²) in [6, 6.07) is 5.61. The standard InChI is InChI=1S/C13H17N3O3/c14-5-3-12(17)15-6-4-9-1-2-11-10(7-9)16-13(18)8-19-11/h1-2,7H,3-6,8,14H2,(H,15,17)(H,16,18). The molecule has 0 saturated carbocycles. The summed E-state index contributed by atoms with van der Waals surface area (Å²) in [4.78, 5) is 22.4. The van der Waals surface area contributed by atoms with E-state index in [-0.39, 0.29) is 18.4 Å². The first-order valence-electron chi connectivity index (χ1n) is 6.21. The Labute approximate surface area is 111 Å². The van der Waals surface area contributed by atoms with Crippen molar-refractivity contribution in [2.45, 2.75) is 12.8 Å². The molecule has 1 aromatic rings. The maximum Gasteiger partial charge on any atom is 0.262 e. The molecule has 0 bridgehead atoms. The van der Waals surface area contributed by atoms with Crippen LogP contribution in [0.5, 0.6) is 5.75 Å². The predicted molar refractivity (Wildman–Crippen MR) is 71.0 cm³/mol. The number of hydrogen-bond acceptors (Lipinski definition) is 4. The zero-order valence-electron chi connectivity index (χ0n) is 10.6. The number of nitrogens with one attached hydrogen (secondary N) is 2. The average Bonchev–Trinajstić information content (AvgIpc) is 2.38. The number of benzene rings is 1. The van der Waals surface area contributed by atoms with Gasteiger partial charge in [0.15, 0.2) is 6.61 Å². The van der Waals surface area contributed by atoms with Crippen LogP contribution in [-0.2, 0) is 16.0 Å². The molecule has 6 heteroatoms. The first-order chi connectivity index (χ1) is 9.19. The summed E-state index contributed by atoms with van der Waals surface area (Å²) in [5.41, 5.74) is 6.99. The maximum absolute atomic E-state index is 11.2. The number of anilines is 1. The van der Waals surface area contributed by atoms with Crippen molar-refractivity contribution in [3.8, 4) is 5.75 Å². The Morgan fingerprint density at radius 3 is 3.11 bits per heavy atom. The average molecular weight is 263 g/mol. The maximum atomic E-state index is 11.2. The van der Waals surface area contributed by atoms with Crippen LogP contribution < -0.4 is 21.1 Å². The molecule has 0 aliphatic carbocycles. The Morgan fingerprint density at radius 1 is 1.47 bits per heavy atom. The van der Waals surface area contributed by atoms with Crippen molar-refractivity contribution in [1.29, 1.82) is 0 Å². The number of nitrogens with two attached hydrogens (primary N) is 1. The SMILES string of the molecule is NCCC(=O)NCCc1ccc2c(c1)NC(=O)CO2. The molecule has 0 fully saturated rings. The van der Waals surface area contributed by atoms with Crippen LogP contribution in [0.1, 0.15) is 12.0 Å². The molecule has 0 saturated heterocycles. The second-order valence-corrected chi connectivity index (χ2v) is 4.31. The smallest absolute Gasteiger partial charge is 0.262 e. The lowest BCUT2D eigenvalue weighted by Crippen LogP contribution is -2.28. The Bertz CT molecular complexity index is 488. The molecule has 1 aromatic carbocycles. The van der Waals surface area contributed by atoms with Crippen molar-refractivity contribution in [1.82, 2.24) is 5.32 Å². The summed E-state index contributed by atoms with van der Waals surface area (Å²) in [5.74, 6) is 0.480. The van der Waals surface area contributed by atoms with Crippen molar-refractivity contribution >= 4 is 17.5 Å². The first-order valence-corrected chi connectivity index (χ1v) is 6.21. The third-order valence-corrected chi connectivity index (χ3v) is 2.78. The molecule has 6 nitrogen and oxygen atoms in total. The molecule has 1 aliphatic rings. The molecule has 2 rings (SSSR count). The second-order valence-electron chi connectivity index (χ2n) is 4.31. The summed E-state index contributed by atoms with van der Waals surface area (Å²) in [5, 5.41) is 5.54. The number of carbonyl (C=O) groups excluding carboxylic acids is 2. The fourth-order valence-electron chi connectivity index (χ4n) is 1.85. The molecule has 0 unspecified atom stereocenters. The van der Waals surface area contributed by atoms with E-state index in [0.717, 1.165) is 5.56 Å². The van der Waals surface area contributed by atoms with E-state index in [0.29, 0.717) is 37.4 Å². The van der Waals surface area contributed by atoms with Gasteiger partial charge in [0.05, 0.1) is 5.69 Å². The van der Waals surface area contributed by atoms with E-state index < -0.39 is 0 Å². The third kappa shape index (κ3) is 3.69. The van der Waals surface area contributed by atoms with Crippen molar-refractivity contribution < 1.29 is 14.3 Å². The second kappa shape index (κ2) is 6.19. The van der Waals surface area contributed by atoms with Gasteiger partial charge in [-0.1, -0.05) is 6.07 Å². The molecule has 0 atom stereocenters. The van der Waals surface area contributed by atoms with Crippen LogP contribution >= 0.6 is 0 Å². The number of amides is 2. The van der Waals surface area contributed by atoms with Gasteiger partial charge < -0.3 is 21.1 Å². The molecule has 0 spiro atoms. The monoisotopic (exact) mass is 263 g/mol. The van der Waals surface area contributed by atoms with Gasteiger partial charge in [0.1, 0.15) is 5.75 Å². The van der Waals surface area contributed by atoms with E-state index in [9.17, 15) is 9.59 Å². The fraction of sp³-hybridized carbons (Fsp3) is 0.385. The van der Waals surface area contributed by atoms with Gasteiger partial charge in [0.2, 0.25) is 5.91 Å². The Hall–Kier alpha value is -2.08. The Balaban J connectivity index is 1.89. The third-order valence-electron chi connectivity index (χ3n) is 2.78. The van der Waals surface area contributed by atoms with Crippen LogP contribution in [0.3, 0.4) is 0 Å². The summed E-state index contributed by atoms with van der Waals surface area (Å²) in [6.07, 6.45) is 1.04. The normalized spacial score (nSPS) is 13.2. The van der Waals surface area contributed by atoms with E-state index in [4.69, 9.17) is 10.5 Å². The number of rotatable bonds is 5. The Morgan fingerprint density at radius 2 is 2.32 bits per heavy atom. The van der Waals surface area contributed by atoms with Gasteiger partial charge in [-0.2, -0.15) is 0 Å². The van der Waals surface area contributed by atoms with Crippen LogP contribution in [-0.4, -0.2) is 31.5 Å². The largest absolute Gasteiger partial charge is 0.482 e. The van der Waals surface area contributed by atoms with Crippen molar-refractivity contribution in [2.75, 3.05) is 25.0 Å². The molecule has 4 N–H and O–H groups in total. The molecule has 2 amide bonds. The van der Waals surface area contributed by atoms with Crippen LogP contribution in [0.4, 0.5) is 5.69 Å². The molecule has 19 heavy (non-hydrogen) atoms. The lowest BCUT2D eigenvalue weighted by atomic mass is 10.1. The highest BCUT2D eigenvalue weighted by Gasteiger charge is 2.15. The van der Waals surface area contributed by atoms with Gasteiger partial charge >= 0.3 is 0 Å². The molecule has 1 aliphatic heterocycles. The van der Waals surface area contributed by atoms with E-state index in [1.54, 1.807) is 0 Å². The van der Waals surface area contributed by atoms with Crippen LogP contribution in [0.2, 0.25) is 0 Å². The molecule has 102 valence electrons. The van der Waals surface area contributed by atoms with Crippen molar-refractivity contribution in [2.24, 2.45) is 5.73 Å². The minimum absolute atomic E-state index is 0.0444. The minimum atomic E-state index is -0.152. The van der Waals surface area contributed by atoms with Gasteiger partial charge in [0, 0.05) is 19.5 Å². The van der Waals surface area contributed by atoms with E-state index >= 15 is 0 Å². The topological polar surface area (TPSA) is 93.5 Å². The van der Waals surface area contributed by atoms with Crippen LogP contribution in [0, 0.1) is 0 Å². The van der Waals surface area contributed by atoms with Crippen molar-refractivity contribution in [3.63, 3.8) is 0 Å². The van der Waals surface area contributed by atoms with Gasteiger partial charge in [0.25, 0.3) is 5.91 Å². The Kier molecular flexibility index (Phi) is 4.35. The molecular weight excluding hydrogens is 246 g/mol. The number of hydrogen-bond donors (Lipinski definition) is 3. The van der Waals surface area contributed by atoms with Gasteiger partial charge in [-0.3, -0.25) is 9.59 Å². The van der Waals surface area contributed by atoms with E-state index in [1.165, 1.54) is 0 Å². The van der Waals surface area contributed by atoms with Gasteiger partial charge in [-0.25, -0.2) is 0 Å². The minimum Gasteiger partial charge on any atom is -0.482 e. The zero-order valence-corrected chi connectivity index (χ0v) is 10.6. The molecule has 0 radical (unpaired) electrons. The van der Waals surface area contributed by atoms with Crippen molar-refractivity contribution in [3.05, 3.63) is 23.8 Å². The predicted octanol–water partition coefficient (Wildman–Crippen LogP) is 0.0250. The quantitative estimate of drug-likeness (QED) is 0.698. The van der Waals surface area contributed by atoms with Gasteiger partial charge in [-0.15, -0.1) is 0 Å². The zero-order chi connectivity index (χ0) is 13.7. The summed E-state index contributed by atoms with van der Waals surface area (Å²) >= 11 is 0. The van der Waals surface area contributed by atoms with E-state index in [2.05, 4.69) is 10.6 Å². The molecule has 1 heterocycles. The molecule has 0 aromatic heterocycles. The van der Waals surface area contributed by atoms with Crippen LogP contribution in [0.25, 0.3) is 0 Å². The van der Waals surface area contributed by atoms with Gasteiger partial charge in [-0.05, 0) is 24.1 Å². The van der Waals surface area contributed by atoms with E-state index in [1.807, 2.05) is 18.2 Å². The highest BCUT2D eigenvalue weighted by molar-refractivity contribution is 5.95. The number of ether oxygens (including phenoxy) is 1. The number of fused-ring (bicyclic) bond motifs is 1. The fourth-order valence-corrected chi connectivity index (χ4v) is 1.85. The summed E-state index contributed by atoms with van der Waals surface area (Å²) in [7, 11) is 0. The van der Waals surface area contributed by atoms with Crippen LogP contribution in [0.15, 0.2) is 18.2 Å². The highest BCUT2D eigenvalue weighted by atomic mass is 16.5. The highest BCUT2D eigenvalue weighted by Crippen LogP contribution is 2.28. The summed E-state index contributed by atoms with van der Waals surface area (Å²) < 4.78 is 5.27.